The minimum absolute atomic E-state index is 0.441. The number of aliphatic hydroxyl groups excluding tert-OH is 1. The summed E-state index contributed by atoms with van der Waals surface area (Å²) in [5, 5.41) is 10.3. The number of hydrogen-bond acceptors (Lipinski definition) is 3. The Balaban J connectivity index is 2.24. The standard InChI is InChI=1S/C13H10BrCl2NO2/c1-7(18)12-3-2-8(6-17-12)19-13-5-10(15)9(14)4-11(13)16/h2-7,18H,1H3. The van der Waals surface area contributed by atoms with Crippen LogP contribution in [0.3, 0.4) is 0 Å². The van der Waals surface area contributed by atoms with E-state index in [0.717, 1.165) is 0 Å². The first kappa shape index (κ1) is 14.6. The maximum absolute atomic E-state index is 9.37. The van der Waals surface area contributed by atoms with Crippen molar-refractivity contribution in [3.8, 4) is 11.5 Å². The highest BCUT2D eigenvalue weighted by atomic mass is 79.9. The number of nitrogens with zero attached hydrogens (tertiary/aromatic N) is 1. The molecule has 0 aliphatic heterocycles. The molecule has 1 N–H and O–H groups in total. The van der Waals surface area contributed by atoms with Gasteiger partial charge in [-0.3, -0.25) is 4.98 Å². The lowest BCUT2D eigenvalue weighted by atomic mass is 10.2. The lowest BCUT2D eigenvalue weighted by Crippen LogP contribution is -1.95. The van der Waals surface area contributed by atoms with Gasteiger partial charge in [0, 0.05) is 10.5 Å². The molecule has 100 valence electrons. The van der Waals surface area contributed by atoms with Gasteiger partial charge in [0.25, 0.3) is 0 Å². The van der Waals surface area contributed by atoms with Gasteiger partial charge in [-0.2, -0.15) is 0 Å². The molecule has 0 aliphatic rings. The molecular formula is C13H10BrCl2NO2. The number of aromatic nitrogens is 1. The second-order valence-electron chi connectivity index (χ2n) is 3.89. The third-order valence-electron chi connectivity index (χ3n) is 2.39. The van der Waals surface area contributed by atoms with Crippen molar-refractivity contribution in [3.63, 3.8) is 0 Å². The summed E-state index contributed by atoms with van der Waals surface area (Å²) >= 11 is 15.3. The van der Waals surface area contributed by atoms with E-state index in [1.54, 1.807) is 31.2 Å². The maximum Gasteiger partial charge on any atom is 0.147 e. The fraction of sp³-hybridized carbons (Fsp3) is 0.154. The summed E-state index contributed by atoms with van der Waals surface area (Å²) in [6.07, 6.45) is 0.911. The minimum atomic E-state index is -0.611. The predicted molar refractivity (Wildman–Crippen MR) is 79.1 cm³/mol. The molecular weight excluding hydrogens is 353 g/mol. The number of hydrogen-bond donors (Lipinski definition) is 1. The molecule has 19 heavy (non-hydrogen) atoms. The minimum Gasteiger partial charge on any atom is -0.454 e. The molecule has 0 bridgehead atoms. The smallest absolute Gasteiger partial charge is 0.147 e. The van der Waals surface area contributed by atoms with Crippen molar-refractivity contribution in [1.29, 1.82) is 0 Å². The van der Waals surface area contributed by atoms with Crippen molar-refractivity contribution in [2.45, 2.75) is 13.0 Å². The Morgan fingerprint density at radius 2 is 2.00 bits per heavy atom. The maximum atomic E-state index is 9.37. The van der Waals surface area contributed by atoms with Crippen molar-refractivity contribution in [3.05, 3.63) is 50.7 Å². The molecule has 1 unspecified atom stereocenters. The van der Waals surface area contributed by atoms with E-state index in [-0.39, 0.29) is 0 Å². The number of benzene rings is 1. The molecule has 0 spiro atoms. The molecule has 0 aliphatic carbocycles. The summed E-state index contributed by atoms with van der Waals surface area (Å²) in [6.45, 7) is 1.65. The van der Waals surface area contributed by atoms with E-state index in [9.17, 15) is 5.11 Å². The first-order valence-corrected chi connectivity index (χ1v) is 6.98. The number of aliphatic hydroxyl groups is 1. The average molecular weight is 363 g/mol. The molecule has 6 heteroatoms. The van der Waals surface area contributed by atoms with Crippen LogP contribution in [0.5, 0.6) is 11.5 Å². The zero-order valence-electron chi connectivity index (χ0n) is 9.90. The molecule has 1 heterocycles. The Bertz CT molecular complexity index is 588. The van der Waals surface area contributed by atoms with E-state index in [1.165, 1.54) is 6.20 Å². The lowest BCUT2D eigenvalue weighted by Gasteiger charge is -2.10. The van der Waals surface area contributed by atoms with Crippen LogP contribution >= 0.6 is 39.1 Å². The quantitative estimate of drug-likeness (QED) is 0.781. The molecule has 0 radical (unpaired) electrons. The predicted octanol–water partition coefficient (Wildman–Crippen LogP) is 5.00. The van der Waals surface area contributed by atoms with E-state index in [1.807, 2.05) is 0 Å². The molecule has 0 fully saturated rings. The molecule has 2 rings (SSSR count). The molecule has 2 aromatic rings. The summed E-state index contributed by atoms with van der Waals surface area (Å²) in [5.74, 6) is 0.964. The second-order valence-corrected chi connectivity index (χ2v) is 5.56. The first-order chi connectivity index (χ1) is 8.97. The van der Waals surface area contributed by atoms with Crippen molar-refractivity contribution in [2.24, 2.45) is 0 Å². The van der Waals surface area contributed by atoms with Crippen LogP contribution in [0.1, 0.15) is 18.7 Å². The first-order valence-electron chi connectivity index (χ1n) is 5.44. The van der Waals surface area contributed by atoms with Crippen LogP contribution in [0, 0.1) is 0 Å². The number of ether oxygens (including phenoxy) is 1. The lowest BCUT2D eigenvalue weighted by molar-refractivity contribution is 0.194. The normalized spacial score (nSPS) is 12.3. The second kappa shape index (κ2) is 6.09. The van der Waals surface area contributed by atoms with E-state index in [0.29, 0.717) is 31.7 Å². The van der Waals surface area contributed by atoms with Gasteiger partial charge in [-0.25, -0.2) is 0 Å². The molecule has 0 amide bonds. The highest BCUT2D eigenvalue weighted by Gasteiger charge is 2.09. The number of rotatable bonds is 3. The zero-order chi connectivity index (χ0) is 14.0. The SMILES string of the molecule is CC(O)c1ccc(Oc2cc(Cl)c(Br)cc2Cl)cn1. The summed E-state index contributed by atoms with van der Waals surface area (Å²) in [7, 11) is 0. The van der Waals surface area contributed by atoms with E-state index < -0.39 is 6.10 Å². The van der Waals surface area contributed by atoms with Crippen molar-refractivity contribution in [1.82, 2.24) is 4.98 Å². The van der Waals surface area contributed by atoms with Crippen LogP contribution in [-0.2, 0) is 0 Å². The van der Waals surface area contributed by atoms with Crippen LogP contribution in [0.15, 0.2) is 34.9 Å². The van der Waals surface area contributed by atoms with E-state index >= 15 is 0 Å². The van der Waals surface area contributed by atoms with Gasteiger partial charge in [0.1, 0.15) is 11.5 Å². The Hall–Kier alpha value is -0.810. The highest BCUT2D eigenvalue weighted by molar-refractivity contribution is 9.10. The Morgan fingerprint density at radius 1 is 1.26 bits per heavy atom. The third-order valence-corrected chi connectivity index (χ3v) is 3.88. The zero-order valence-corrected chi connectivity index (χ0v) is 13.0. The largest absolute Gasteiger partial charge is 0.454 e. The van der Waals surface area contributed by atoms with Gasteiger partial charge in [-0.15, -0.1) is 0 Å². The number of pyridine rings is 1. The topological polar surface area (TPSA) is 42.4 Å². The van der Waals surface area contributed by atoms with Gasteiger partial charge in [0.05, 0.1) is 28.0 Å². The van der Waals surface area contributed by atoms with Crippen LogP contribution in [0.25, 0.3) is 0 Å². The van der Waals surface area contributed by atoms with Crippen LogP contribution in [0.4, 0.5) is 0 Å². The molecule has 1 atom stereocenters. The molecule has 1 aromatic heterocycles. The summed E-state index contributed by atoms with van der Waals surface area (Å²) in [4.78, 5) is 4.08. The molecule has 3 nitrogen and oxygen atoms in total. The van der Waals surface area contributed by atoms with Crippen molar-refractivity contribution in [2.75, 3.05) is 0 Å². The van der Waals surface area contributed by atoms with Gasteiger partial charge in [0.15, 0.2) is 0 Å². The average Bonchev–Trinajstić information content (AvgIpc) is 2.36. The monoisotopic (exact) mass is 361 g/mol. The van der Waals surface area contributed by atoms with Crippen molar-refractivity contribution >= 4 is 39.1 Å². The Morgan fingerprint density at radius 3 is 2.58 bits per heavy atom. The van der Waals surface area contributed by atoms with Crippen LogP contribution < -0.4 is 4.74 Å². The molecule has 0 saturated heterocycles. The van der Waals surface area contributed by atoms with Gasteiger partial charge < -0.3 is 9.84 Å². The van der Waals surface area contributed by atoms with E-state index in [4.69, 9.17) is 27.9 Å². The van der Waals surface area contributed by atoms with Gasteiger partial charge >= 0.3 is 0 Å². The van der Waals surface area contributed by atoms with Gasteiger partial charge in [0.2, 0.25) is 0 Å². The fourth-order valence-electron chi connectivity index (χ4n) is 1.41. The van der Waals surface area contributed by atoms with Crippen LogP contribution in [-0.4, -0.2) is 10.1 Å². The Labute approximate surface area is 129 Å². The number of halogens is 3. The van der Waals surface area contributed by atoms with Crippen LogP contribution in [0.2, 0.25) is 10.0 Å². The summed E-state index contributed by atoms with van der Waals surface area (Å²) in [6, 6.07) is 6.68. The fourth-order valence-corrected chi connectivity index (χ4v) is 2.24. The van der Waals surface area contributed by atoms with Gasteiger partial charge in [-0.05, 0) is 41.1 Å². The molecule has 1 aromatic carbocycles. The summed E-state index contributed by atoms with van der Waals surface area (Å²) < 4.78 is 6.30. The van der Waals surface area contributed by atoms with Gasteiger partial charge in [-0.1, -0.05) is 23.2 Å². The third kappa shape index (κ3) is 3.60. The highest BCUT2D eigenvalue weighted by Crippen LogP contribution is 2.36. The Kier molecular flexibility index (Phi) is 4.68. The van der Waals surface area contributed by atoms with Crippen molar-refractivity contribution < 1.29 is 9.84 Å². The van der Waals surface area contributed by atoms with E-state index in [2.05, 4.69) is 20.9 Å². The summed E-state index contributed by atoms with van der Waals surface area (Å²) in [5.41, 5.74) is 0.576. The molecule has 0 saturated carbocycles.